The van der Waals surface area contributed by atoms with E-state index >= 15 is 0 Å². The Morgan fingerprint density at radius 2 is 1.88 bits per heavy atom. The quantitative estimate of drug-likeness (QED) is 0.0501. The second-order valence-electron chi connectivity index (χ2n) is 13.7. The van der Waals surface area contributed by atoms with Gasteiger partial charge in [-0.2, -0.15) is 0 Å². The fourth-order valence-electron chi connectivity index (χ4n) is 6.47. The third kappa shape index (κ3) is 8.05. The molecular formula is C32H33N10NaO12S3. The Kier molecular flexibility index (Phi) is 12.7. The summed E-state index contributed by atoms with van der Waals surface area (Å²) >= 11 is 2.32. The number of nitrogen functional groups attached to an aromatic ring is 1. The van der Waals surface area contributed by atoms with Gasteiger partial charge >= 0.3 is 35.5 Å². The standard InChI is InChI=1S/C22H22N6O7S2.C10H12N4O5S.Na/c1-22(2,20(33)34)35-26-13(12-10-37-21(23)24-12)16(29)25-14-17(30)28-15(19(31)32)11(9-36-18(14)28)8-27-6-4-3-5-7-27;1-10(5-13-3-2-11-12-13)8(9(16)17)14-6(15)4-7(14)20(10,18)19;/h3-7,10,14,18H,8-9H2,1-2H3,(H4-,23,24,25,29,31,32,33,34);2-3,7-8H,4-5H2,1H3,(H,16,17);/q;;+1/p-1/b26-13-;;/t;7?,8-,10-;/m.0./s1. The van der Waals surface area contributed by atoms with Crippen LogP contribution in [0.3, 0.4) is 0 Å². The molecule has 4 N–H and O–H groups in total. The number of carbonyl (C=O) groups excluding carboxylic acids is 5. The van der Waals surface area contributed by atoms with Crippen molar-refractivity contribution in [2.24, 2.45) is 5.16 Å². The first-order chi connectivity index (χ1) is 26.8. The summed E-state index contributed by atoms with van der Waals surface area (Å²) in [7, 11) is -3.84. The van der Waals surface area contributed by atoms with Crippen molar-refractivity contribution in [2.75, 3.05) is 11.5 Å². The minimum Gasteiger partial charge on any atom is -0.548 e. The normalized spacial score (nSPS) is 24.5. The van der Waals surface area contributed by atoms with Gasteiger partial charge in [-0.25, -0.2) is 22.8 Å². The summed E-state index contributed by atoms with van der Waals surface area (Å²) in [5, 5.41) is 45.9. The Hall–Kier alpha value is -4.95. The number of aliphatic carboxylic acids is 3. The maximum absolute atomic E-state index is 13.1. The Bertz CT molecular complexity index is 2320. The van der Waals surface area contributed by atoms with E-state index in [0.717, 1.165) is 21.1 Å². The number of sulfone groups is 1. The van der Waals surface area contributed by atoms with Crippen molar-refractivity contribution in [3.8, 4) is 0 Å². The minimum atomic E-state index is -3.84. The molecule has 3 amide bonds. The van der Waals surface area contributed by atoms with Gasteiger partial charge in [0.15, 0.2) is 39.6 Å². The first kappa shape index (κ1) is 44.2. The van der Waals surface area contributed by atoms with Crippen LogP contribution in [0, 0.1) is 0 Å². The molecule has 3 aromatic rings. The molecule has 0 saturated carbocycles. The number of nitrogens with two attached hydrogens (primary N) is 1. The van der Waals surface area contributed by atoms with Crippen LogP contribution in [0.5, 0.6) is 0 Å². The fourth-order valence-corrected chi connectivity index (χ4v) is 10.7. The first-order valence-electron chi connectivity index (χ1n) is 16.7. The number of carboxylic acid groups (broad SMARTS) is 3. The minimum absolute atomic E-state index is 0. The van der Waals surface area contributed by atoms with Gasteiger partial charge in [-0.3, -0.25) is 24.0 Å². The molecule has 58 heavy (non-hydrogen) atoms. The molecule has 0 bridgehead atoms. The number of β-lactam (4-membered cyclic amide) rings is 2. The maximum Gasteiger partial charge on any atom is 1.00 e. The molecule has 4 aliphatic heterocycles. The zero-order chi connectivity index (χ0) is 41.6. The van der Waals surface area contributed by atoms with E-state index in [1.54, 1.807) is 29.1 Å². The molecule has 3 saturated heterocycles. The van der Waals surface area contributed by atoms with Crippen LogP contribution in [0.15, 0.2) is 64.8 Å². The molecule has 26 heteroatoms. The van der Waals surface area contributed by atoms with Crippen molar-refractivity contribution in [3.63, 3.8) is 0 Å². The Morgan fingerprint density at radius 1 is 1.19 bits per heavy atom. The van der Waals surface area contributed by atoms with Crippen LogP contribution in [-0.2, 0) is 56.5 Å². The van der Waals surface area contributed by atoms with E-state index in [1.807, 2.05) is 6.07 Å². The van der Waals surface area contributed by atoms with E-state index in [2.05, 4.69) is 25.8 Å². The van der Waals surface area contributed by atoms with Gasteiger partial charge in [0.05, 0.1) is 42.8 Å². The van der Waals surface area contributed by atoms with Crippen molar-refractivity contribution in [1.82, 2.24) is 35.1 Å². The average Bonchev–Trinajstić information content (AvgIpc) is 3.85. The van der Waals surface area contributed by atoms with E-state index in [9.17, 15) is 52.5 Å². The Morgan fingerprint density at radius 3 is 2.43 bits per heavy atom. The number of oxime groups is 1. The number of carboxylic acids is 3. The number of aromatic nitrogens is 5. The molecule has 302 valence electrons. The first-order valence-corrected chi connectivity index (χ1v) is 20.2. The molecule has 4 aliphatic rings. The zero-order valence-corrected chi connectivity index (χ0v) is 35.5. The monoisotopic (exact) mass is 868 g/mol. The maximum atomic E-state index is 13.1. The smallest absolute Gasteiger partial charge is 0.548 e. The van der Waals surface area contributed by atoms with Crippen molar-refractivity contribution >= 4 is 79.4 Å². The molecule has 0 spiro atoms. The van der Waals surface area contributed by atoms with Gasteiger partial charge in [0.1, 0.15) is 27.2 Å². The number of nitrogens with zero attached hydrogens (tertiary/aromatic N) is 8. The van der Waals surface area contributed by atoms with Gasteiger partial charge < -0.3 is 45.7 Å². The van der Waals surface area contributed by atoms with Crippen LogP contribution in [0.4, 0.5) is 5.13 Å². The SMILES string of the molecule is CC(C)(O/N=C(\C(=O)NC1C(=O)N2C(C(=O)[O-])=C(C[n+]3ccccc3)CSC12)c1csc(N)n1)C(=O)O.C[C@]1(Cn2ccnn2)[C@H](C(=O)[O-])N2C(=O)CC2S1(=O)=O.[Na+]. The van der Waals surface area contributed by atoms with Crippen LogP contribution >= 0.6 is 23.1 Å². The van der Waals surface area contributed by atoms with E-state index in [4.69, 9.17) is 10.6 Å². The number of pyridine rings is 1. The fraction of sp³-hybridized carbons (Fsp3) is 0.406. The van der Waals surface area contributed by atoms with Gasteiger partial charge in [-0.15, -0.1) is 28.2 Å². The third-order valence-corrected chi connectivity index (χ3v) is 14.3. The topological polar surface area (TPSA) is 317 Å². The van der Waals surface area contributed by atoms with E-state index in [1.165, 1.54) is 55.0 Å². The number of amides is 3. The number of rotatable bonds is 12. The summed E-state index contributed by atoms with van der Waals surface area (Å²) in [6.07, 6.45) is 6.16. The van der Waals surface area contributed by atoms with Crippen LogP contribution in [-0.4, -0.2) is 124 Å². The van der Waals surface area contributed by atoms with Crippen molar-refractivity contribution < 1.29 is 91.5 Å². The van der Waals surface area contributed by atoms with E-state index < -0.39 is 78.6 Å². The molecule has 3 unspecified atom stereocenters. The molecule has 7 rings (SSSR count). The number of thiazole rings is 1. The Balaban J connectivity index is 0.000000257. The van der Waals surface area contributed by atoms with Crippen molar-refractivity contribution in [1.29, 1.82) is 0 Å². The summed E-state index contributed by atoms with van der Waals surface area (Å²) in [5.41, 5.74) is 3.83. The molecule has 0 aromatic carbocycles. The molecule has 22 nitrogen and oxygen atoms in total. The number of anilines is 1. The molecular weight excluding hydrogens is 836 g/mol. The number of nitrogens with one attached hydrogen (secondary N) is 1. The Labute approximate surface area is 359 Å². The molecule has 3 aromatic heterocycles. The van der Waals surface area contributed by atoms with E-state index in [0.29, 0.717) is 11.3 Å². The third-order valence-electron chi connectivity index (χ3n) is 9.52. The zero-order valence-electron chi connectivity index (χ0n) is 31.1. The van der Waals surface area contributed by atoms with Crippen molar-refractivity contribution in [2.45, 2.75) is 73.5 Å². The summed E-state index contributed by atoms with van der Waals surface area (Å²) < 4.78 is 26.4. The van der Waals surface area contributed by atoms with Crippen LogP contribution in [0.2, 0.25) is 0 Å². The molecule has 3 fully saturated rings. The van der Waals surface area contributed by atoms with Crippen LogP contribution < -0.4 is 55.4 Å². The van der Waals surface area contributed by atoms with Crippen LogP contribution in [0.1, 0.15) is 32.9 Å². The van der Waals surface area contributed by atoms with Crippen molar-refractivity contribution in [3.05, 3.63) is 65.3 Å². The number of hydrogen-bond acceptors (Lipinski definition) is 18. The number of carbonyl (C=O) groups is 6. The summed E-state index contributed by atoms with van der Waals surface area (Å²) in [4.78, 5) is 83.4. The molecule has 0 aliphatic carbocycles. The molecule has 5 atom stereocenters. The van der Waals surface area contributed by atoms with Gasteiger partial charge in [-0.05, 0) is 20.8 Å². The summed E-state index contributed by atoms with van der Waals surface area (Å²) in [6, 6.07) is 2.85. The van der Waals surface area contributed by atoms with Gasteiger partial charge in [0, 0.05) is 35.0 Å². The predicted octanol–water partition coefficient (Wildman–Crippen LogP) is -7.15. The van der Waals surface area contributed by atoms with Crippen LogP contribution in [0.25, 0.3) is 0 Å². The average molecular weight is 869 g/mol. The largest absolute Gasteiger partial charge is 1.00 e. The molecule has 7 heterocycles. The molecule has 0 radical (unpaired) electrons. The predicted molar refractivity (Wildman–Crippen MR) is 191 cm³/mol. The second kappa shape index (κ2) is 16.7. The summed E-state index contributed by atoms with van der Waals surface area (Å²) in [6.45, 7) is 3.84. The van der Waals surface area contributed by atoms with Gasteiger partial charge in [0.25, 0.3) is 11.8 Å². The number of hydrogen-bond donors (Lipinski definition) is 3. The number of thioether (sulfide) groups is 1. The van der Waals surface area contributed by atoms with E-state index in [-0.39, 0.29) is 71.3 Å². The van der Waals surface area contributed by atoms with Gasteiger partial charge in [-0.1, -0.05) is 16.4 Å². The summed E-state index contributed by atoms with van der Waals surface area (Å²) in [5.74, 6) is -6.07. The second-order valence-corrected chi connectivity index (χ2v) is 18.3. The number of fused-ring (bicyclic) bond motifs is 2. The van der Waals surface area contributed by atoms with Gasteiger partial charge in [0.2, 0.25) is 11.5 Å².